The topological polar surface area (TPSA) is 80.3 Å². The van der Waals surface area contributed by atoms with E-state index in [1.807, 2.05) is 0 Å². The number of carboxylic acids is 2. The SMILES string of the molecule is C/C=C/C=C/C(=O)[O-].C/C=C/C=C/C(=O)[O-].[K+].[K+]. The molecule has 0 spiro atoms. The third-order valence-electron chi connectivity index (χ3n) is 1.07. The summed E-state index contributed by atoms with van der Waals surface area (Å²) >= 11 is 0. The number of carbonyl (C=O) groups is 2. The fourth-order valence-corrected chi connectivity index (χ4v) is 0.490. The van der Waals surface area contributed by atoms with E-state index in [1.54, 1.807) is 38.2 Å². The number of carboxylic acid groups (broad SMARTS) is 2. The molecule has 4 nitrogen and oxygen atoms in total. The van der Waals surface area contributed by atoms with Gasteiger partial charge in [0.2, 0.25) is 0 Å². The Morgan fingerprint density at radius 3 is 1.17 bits per heavy atom. The molecule has 0 aliphatic carbocycles. The Bertz CT molecular complexity index is 286. The molecule has 0 radical (unpaired) electrons. The molecule has 0 aromatic heterocycles. The summed E-state index contributed by atoms with van der Waals surface area (Å²) in [7, 11) is 0. The Morgan fingerprint density at radius 1 is 0.722 bits per heavy atom. The van der Waals surface area contributed by atoms with Gasteiger partial charge in [-0.05, 0) is 26.0 Å². The van der Waals surface area contributed by atoms with E-state index in [2.05, 4.69) is 0 Å². The minimum absolute atomic E-state index is 0. The standard InChI is InChI=1S/2C6H8O2.2K/c2*1-2-3-4-5-6(7)8;;/h2*2-5H,1H3,(H,7,8);;/q;;2*+1/p-2/b2*3-2+,5-4+;;. The van der Waals surface area contributed by atoms with E-state index in [0.29, 0.717) is 0 Å². The molecule has 0 saturated carbocycles. The Balaban J connectivity index is -0.0000000980. The fourth-order valence-electron chi connectivity index (χ4n) is 0.490. The minimum atomic E-state index is -1.16. The predicted octanol–water partition coefficient (Wildman–Crippen LogP) is -6.25. The van der Waals surface area contributed by atoms with Crippen molar-refractivity contribution in [2.75, 3.05) is 0 Å². The maximum absolute atomic E-state index is 9.64. The molecule has 0 bridgehead atoms. The second-order valence-electron chi connectivity index (χ2n) is 2.41. The first-order valence-electron chi connectivity index (χ1n) is 4.55. The van der Waals surface area contributed by atoms with Crippen molar-refractivity contribution in [3.8, 4) is 0 Å². The number of hydrogen-bond donors (Lipinski definition) is 0. The number of aliphatic carboxylic acids is 2. The van der Waals surface area contributed by atoms with Gasteiger partial charge in [0.1, 0.15) is 0 Å². The summed E-state index contributed by atoms with van der Waals surface area (Å²) in [6.45, 7) is 3.61. The molecule has 0 heterocycles. The van der Waals surface area contributed by atoms with Crippen molar-refractivity contribution in [3.05, 3.63) is 48.6 Å². The van der Waals surface area contributed by atoms with Crippen LogP contribution in [-0.4, -0.2) is 11.9 Å². The maximum atomic E-state index is 9.64. The Morgan fingerprint density at radius 2 is 1.00 bits per heavy atom. The van der Waals surface area contributed by atoms with Gasteiger partial charge in [-0.2, -0.15) is 0 Å². The van der Waals surface area contributed by atoms with Gasteiger partial charge in [-0.3, -0.25) is 0 Å². The van der Waals surface area contributed by atoms with Crippen LogP contribution in [0, 0.1) is 0 Å². The molecule has 0 N–H and O–H groups in total. The summed E-state index contributed by atoms with van der Waals surface area (Å²) in [5.74, 6) is -2.33. The molecule has 18 heavy (non-hydrogen) atoms. The van der Waals surface area contributed by atoms with E-state index in [9.17, 15) is 19.8 Å². The Labute approximate surface area is 193 Å². The number of carbonyl (C=O) groups excluding carboxylic acids is 2. The van der Waals surface area contributed by atoms with Crippen molar-refractivity contribution in [3.63, 3.8) is 0 Å². The van der Waals surface area contributed by atoms with Crippen molar-refractivity contribution in [1.29, 1.82) is 0 Å². The first kappa shape index (κ1) is 27.5. The summed E-state index contributed by atoms with van der Waals surface area (Å²) < 4.78 is 0. The van der Waals surface area contributed by atoms with Crippen LogP contribution in [-0.2, 0) is 9.59 Å². The molecule has 0 unspecified atom stereocenters. The first-order chi connectivity index (χ1) is 7.54. The van der Waals surface area contributed by atoms with Crippen LogP contribution in [0.15, 0.2) is 48.6 Å². The number of allylic oxidation sites excluding steroid dienone is 6. The summed E-state index contributed by atoms with van der Waals surface area (Å²) in [4.78, 5) is 19.3. The quantitative estimate of drug-likeness (QED) is 0.294. The van der Waals surface area contributed by atoms with E-state index in [0.717, 1.165) is 12.2 Å². The fraction of sp³-hybridized carbons (Fsp3) is 0.167. The van der Waals surface area contributed by atoms with Gasteiger partial charge in [0.15, 0.2) is 0 Å². The molecule has 0 amide bonds. The third kappa shape index (κ3) is 36.0. The van der Waals surface area contributed by atoms with Gasteiger partial charge in [-0.25, -0.2) is 0 Å². The third-order valence-corrected chi connectivity index (χ3v) is 1.07. The van der Waals surface area contributed by atoms with Crippen LogP contribution in [0.5, 0.6) is 0 Å². The second kappa shape index (κ2) is 23.3. The van der Waals surface area contributed by atoms with Crippen LogP contribution in [0.2, 0.25) is 0 Å². The summed E-state index contributed by atoms with van der Waals surface area (Å²) in [5, 5.41) is 19.3. The van der Waals surface area contributed by atoms with Gasteiger partial charge >= 0.3 is 103 Å². The number of hydrogen-bond acceptors (Lipinski definition) is 4. The summed E-state index contributed by atoms with van der Waals surface area (Å²) in [6, 6.07) is 0. The zero-order chi connectivity index (χ0) is 12.8. The van der Waals surface area contributed by atoms with Crippen molar-refractivity contribution in [2.24, 2.45) is 0 Å². The smallest absolute Gasteiger partial charge is 0.545 e. The average Bonchev–Trinajstić information content (AvgIpc) is 2.18. The zero-order valence-corrected chi connectivity index (χ0v) is 17.5. The molecule has 0 rings (SSSR count). The van der Waals surface area contributed by atoms with Gasteiger partial charge < -0.3 is 19.8 Å². The van der Waals surface area contributed by atoms with Crippen LogP contribution in [0.25, 0.3) is 0 Å². The molecular formula is C12H14K2O4. The molecule has 88 valence electrons. The van der Waals surface area contributed by atoms with Crippen LogP contribution < -0.4 is 113 Å². The van der Waals surface area contributed by atoms with Gasteiger partial charge in [0, 0.05) is 0 Å². The van der Waals surface area contributed by atoms with Gasteiger partial charge in [0.05, 0.1) is 11.9 Å². The van der Waals surface area contributed by atoms with Crippen LogP contribution >= 0.6 is 0 Å². The van der Waals surface area contributed by atoms with E-state index in [1.165, 1.54) is 12.2 Å². The number of rotatable bonds is 4. The molecule has 0 saturated heterocycles. The van der Waals surface area contributed by atoms with Crippen LogP contribution in [0.1, 0.15) is 13.8 Å². The summed E-state index contributed by atoms with van der Waals surface area (Å²) in [6.07, 6.45) is 11.5. The van der Waals surface area contributed by atoms with Gasteiger partial charge in [-0.15, -0.1) is 0 Å². The van der Waals surface area contributed by atoms with E-state index < -0.39 is 11.9 Å². The second-order valence-corrected chi connectivity index (χ2v) is 2.41. The normalized spacial score (nSPS) is 9.89. The molecule has 6 heteroatoms. The Kier molecular flexibility index (Phi) is 35.6. The molecule has 0 atom stereocenters. The minimum Gasteiger partial charge on any atom is -0.545 e. The van der Waals surface area contributed by atoms with E-state index >= 15 is 0 Å². The van der Waals surface area contributed by atoms with Crippen molar-refractivity contribution >= 4 is 11.9 Å². The van der Waals surface area contributed by atoms with Crippen molar-refractivity contribution < 1.29 is 123 Å². The predicted molar refractivity (Wildman–Crippen MR) is 57.9 cm³/mol. The van der Waals surface area contributed by atoms with Crippen molar-refractivity contribution in [2.45, 2.75) is 13.8 Å². The Hall–Kier alpha value is 1.17. The average molecular weight is 300 g/mol. The summed E-state index contributed by atoms with van der Waals surface area (Å²) in [5.41, 5.74) is 0. The zero-order valence-electron chi connectivity index (χ0n) is 11.3. The van der Waals surface area contributed by atoms with Gasteiger partial charge in [-0.1, -0.05) is 36.5 Å². The largest absolute Gasteiger partial charge is 1.00 e. The van der Waals surface area contributed by atoms with Crippen molar-refractivity contribution in [1.82, 2.24) is 0 Å². The molecule has 0 aliphatic rings. The first-order valence-corrected chi connectivity index (χ1v) is 4.55. The van der Waals surface area contributed by atoms with E-state index in [-0.39, 0.29) is 103 Å². The van der Waals surface area contributed by atoms with E-state index in [4.69, 9.17) is 0 Å². The van der Waals surface area contributed by atoms with Gasteiger partial charge in [0.25, 0.3) is 0 Å². The van der Waals surface area contributed by atoms with Crippen LogP contribution in [0.4, 0.5) is 0 Å². The molecule has 0 fully saturated rings. The maximum Gasteiger partial charge on any atom is 1.00 e. The molecule has 0 aliphatic heterocycles. The molecule has 0 aromatic rings. The monoisotopic (exact) mass is 300 g/mol. The molecular weight excluding hydrogens is 286 g/mol. The molecule has 0 aromatic carbocycles. The van der Waals surface area contributed by atoms with Crippen LogP contribution in [0.3, 0.4) is 0 Å².